The van der Waals surface area contributed by atoms with Crippen LogP contribution < -0.4 is 54.4 Å². The Hall–Kier alpha value is -5.84. The Morgan fingerprint density at radius 1 is 0.672 bits per heavy atom. The molecule has 0 aromatic carbocycles. The number of amides is 7. The lowest BCUT2D eigenvalue weighted by Gasteiger charge is -2.28. The smallest absolute Gasteiger partial charge is 0.326 e. The number of hydrogen-bond donors (Lipinski definition) is 13. The van der Waals surface area contributed by atoms with Gasteiger partial charge in [-0.1, -0.05) is 27.7 Å². The Labute approximate surface area is 355 Å². The average molecular weight is 866 g/mol. The fourth-order valence-electron chi connectivity index (χ4n) is 5.96. The summed E-state index contributed by atoms with van der Waals surface area (Å²) in [6, 6.07) is -8.74. The summed E-state index contributed by atoms with van der Waals surface area (Å²) < 4.78 is 0. The molecule has 16 N–H and O–H groups in total. The van der Waals surface area contributed by atoms with E-state index >= 15 is 0 Å². The van der Waals surface area contributed by atoms with Gasteiger partial charge in [-0.2, -0.15) is 0 Å². The summed E-state index contributed by atoms with van der Waals surface area (Å²) in [5.41, 5.74) is 16.7. The highest BCUT2D eigenvalue weighted by molar-refractivity contribution is 5.97. The molecular weight excluding hydrogens is 798 g/mol. The largest absolute Gasteiger partial charge is 0.480 e. The molecule has 0 aliphatic rings. The minimum atomic E-state index is -1.36. The second-order valence-electron chi connectivity index (χ2n) is 15.6. The molecule has 344 valence electrons. The van der Waals surface area contributed by atoms with Gasteiger partial charge >= 0.3 is 5.97 Å². The minimum absolute atomic E-state index is 0.0123. The Kier molecular flexibility index (Phi) is 24.3. The lowest BCUT2D eigenvalue weighted by molar-refractivity contribution is -0.142. The van der Waals surface area contributed by atoms with E-state index in [0.717, 1.165) is 6.92 Å². The number of aromatic nitrogens is 2. The number of nitrogens with zero attached hydrogens (tertiary/aromatic N) is 2. The SMILES string of the molecule is CC(=O)N[C@@H](CO)C(=O)N[C@@H](Cc1cnc[nH]1)C(=O)N[C@@H](CCCCN)C(=O)N[C@@H](CC(C)C)C(=O)N[C@@H](CC(C)C)C(=O)N[C@@H](C)C(=O)N[C@@H](CCCN=C(N)N)C(=O)O. The quantitative estimate of drug-likeness (QED) is 0.0214. The maximum atomic E-state index is 14.0. The third kappa shape index (κ3) is 21.3. The summed E-state index contributed by atoms with van der Waals surface area (Å²) >= 11 is 0. The summed E-state index contributed by atoms with van der Waals surface area (Å²) in [6.45, 7) is 9.48. The maximum Gasteiger partial charge on any atom is 0.326 e. The number of nitrogens with two attached hydrogens (primary N) is 3. The molecule has 23 heteroatoms. The van der Waals surface area contributed by atoms with Crippen molar-refractivity contribution in [1.82, 2.24) is 47.2 Å². The lowest BCUT2D eigenvalue weighted by atomic mass is 9.99. The predicted molar refractivity (Wildman–Crippen MR) is 224 cm³/mol. The monoisotopic (exact) mass is 866 g/mol. The van der Waals surface area contributed by atoms with Gasteiger partial charge in [-0.25, -0.2) is 9.78 Å². The highest BCUT2D eigenvalue weighted by Crippen LogP contribution is 2.12. The van der Waals surface area contributed by atoms with Crippen LogP contribution in [0.15, 0.2) is 17.5 Å². The molecule has 7 amide bonds. The zero-order valence-corrected chi connectivity index (χ0v) is 35.9. The van der Waals surface area contributed by atoms with E-state index in [1.54, 1.807) is 0 Å². The highest BCUT2D eigenvalue weighted by Gasteiger charge is 2.34. The number of unbranched alkanes of at least 4 members (excludes halogenated alkanes) is 1. The number of carboxylic acid groups (broad SMARTS) is 1. The second-order valence-corrected chi connectivity index (χ2v) is 15.6. The van der Waals surface area contributed by atoms with Gasteiger partial charge in [0.1, 0.15) is 42.3 Å². The van der Waals surface area contributed by atoms with Crippen LogP contribution in [0.3, 0.4) is 0 Å². The number of nitrogens with one attached hydrogen (secondary N) is 8. The molecule has 0 bridgehead atoms. The Bertz CT molecular complexity index is 1620. The number of hydrogen-bond acceptors (Lipinski definition) is 12. The normalized spacial score (nSPS) is 14.5. The number of rotatable bonds is 29. The van der Waals surface area contributed by atoms with Crippen molar-refractivity contribution in [2.24, 2.45) is 34.0 Å². The van der Waals surface area contributed by atoms with Crippen LogP contribution in [0.4, 0.5) is 0 Å². The summed E-state index contributed by atoms with van der Waals surface area (Å²) in [4.78, 5) is 115. The number of aliphatic imine (C=N–C) groups is 1. The van der Waals surface area contributed by atoms with E-state index in [4.69, 9.17) is 17.2 Å². The van der Waals surface area contributed by atoms with E-state index in [1.165, 1.54) is 19.4 Å². The van der Waals surface area contributed by atoms with Gasteiger partial charge in [0.2, 0.25) is 41.4 Å². The number of aliphatic hydroxyl groups excluding tert-OH is 1. The molecule has 23 nitrogen and oxygen atoms in total. The molecule has 1 aromatic rings. The Morgan fingerprint density at radius 2 is 1.16 bits per heavy atom. The van der Waals surface area contributed by atoms with Crippen molar-refractivity contribution in [1.29, 1.82) is 0 Å². The zero-order chi connectivity index (χ0) is 46.2. The summed E-state index contributed by atoms with van der Waals surface area (Å²) in [6.07, 6.45) is 4.22. The topological polar surface area (TPSA) is 380 Å². The molecular formula is C38H67N13O10. The van der Waals surface area contributed by atoms with Gasteiger partial charge in [0, 0.05) is 31.8 Å². The van der Waals surface area contributed by atoms with Crippen LogP contribution in [0.2, 0.25) is 0 Å². The van der Waals surface area contributed by atoms with Gasteiger partial charge in [-0.3, -0.25) is 38.6 Å². The number of H-pyrrole nitrogens is 1. The van der Waals surface area contributed by atoms with Gasteiger partial charge in [0.05, 0.1) is 12.9 Å². The maximum absolute atomic E-state index is 14.0. The molecule has 0 aliphatic heterocycles. The van der Waals surface area contributed by atoms with Crippen molar-refractivity contribution < 1.29 is 48.6 Å². The van der Waals surface area contributed by atoms with Crippen LogP contribution in [0.1, 0.15) is 92.2 Å². The van der Waals surface area contributed by atoms with Crippen molar-refractivity contribution >= 4 is 53.3 Å². The number of aliphatic hydroxyl groups is 1. The first-order chi connectivity index (χ1) is 28.7. The first kappa shape index (κ1) is 53.2. The number of carbonyl (C=O) groups is 8. The van der Waals surface area contributed by atoms with Crippen molar-refractivity contribution in [3.8, 4) is 0 Å². The number of aromatic amines is 1. The van der Waals surface area contributed by atoms with Crippen molar-refractivity contribution in [2.75, 3.05) is 19.7 Å². The molecule has 0 spiro atoms. The molecule has 7 atom stereocenters. The standard InChI is InChI=1S/C38H67N13O10/c1-20(2)14-27(33(56)45-22(5)31(54)48-26(37(60)61)11-9-13-43-38(40)41)50-34(57)28(15-21(3)4)49-32(55)25(10-7-8-12-39)47-35(58)29(16-24-17-42-19-44-24)51-36(59)30(18-52)46-23(6)53/h17,19-22,25-30,52H,7-16,18,39H2,1-6H3,(H,42,44)(H,45,56)(H,46,53)(H,47,58)(H,48,54)(H,49,55)(H,50,57)(H,51,59)(H,60,61)(H4,40,41,43)/t22-,25-,26-,27-,28-,29-,30-/m0/s1. The molecule has 0 radical (unpaired) electrons. The van der Waals surface area contributed by atoms with Crippen LogP contribution in [0.25, 0.3) is 0 Å². The van der Waals surface area contributed by atoms with Crippen molar-refractivity contribution in [3.05, 3.63) is 18.2 Å². The van der Waals surface area contributed by atoms with Crippen LogP contribution >= 0.6 is 0 Å². The molecule has 0 unspecified atom stereocenters. The summed E-state index contributed by atoms with van der Waals surface area (Å²) in [5.74, 6) is -6.89. The second kappa shape index (κ2) is 27.8. The molecule has 0 aliphatic carbocycles. The third-order valence-corrected chi connectivity index (χ3v) is 9.06. The van der Waals surface area contributed by atoms with Crippen LogP contribution in [0.5, 0.6) is 0 Å². The number of guanidine groups is 1. The molecule has 1 aromatic heterocycles. The van der Waals surface area contributed by atoms with E-state index in [9.17, 15) is 48.6 Å². The van der Waals surface area contributed by atoms with Crippen LogP contribution in [0, 0.1) is 11.8 Å². The van der Waals surface area contributed by atoms with E-state index in [1.807, 2.05) is 27.7 Å². The first-order valence-corrected chi connectivity index (χ1v) is 20.3. The number of carbonyl (C=O) groups excluding carboxylic acids is 7. The number of aliphatic carboxylic acids is 1. The van der Waals surface area contributed by atoms with Crippen LogP contribution in [-0.4, -0.2) is 135 Å². The van der Waals surface area contributed by atoms with E-state index < -0.39 is 96.2 Å². The number of carboxylic acids is 1. The fraction of sp³-hybridized carbons (Fsp3) is 0.684. The number of imidazole rings is 1. The average Bonchev–Trinajstić information content (AvgIpc) is 3.69. The zero-order valence-electron chi connectivity index (χ0n) is 35.9. The molecule has 0 saturated carbocycles. The highest BCUT2D eigenvalue weighted by atomic mass is 16.4. The van der Waals surface area contributed by atoms with Gasteiger partial charge in [0.25, 0.3) is 0 Å². The molecule has 1 rings (SSSR count). The fourth-order valence-corrected chi connectivity index (χ4v) is 5.96. The predicted octanol–water partition coefficient (Wildman–Crippen LogP) is -3.26. The van der Waals surface area contributed by atoms with Crippen molar-refractivity contribution in [3.63, 3.8) is 0 Å². The van der Waals surface area contributed by atoms with Gasteiger partial charge in [0.15, 0.2) is 5.96 Å². The van der Waals surface area contributed by atoms with Crippen molar-refractivity contribution in [2.45, 2.75) is 135 Å². The third-order valence-electron chi connectivity index (χ3n) is 9.06. The molecule has 1 heterocycles. The summed E-state index contributed by atoms with van der Waals surface area (Å²) in [5, 5.41) is 37.1. The molecule has 61 heavy (non-hydrogen) atoms. The van der Waals surface area contributed by atoms with E-state index in [2.05, 4.69) is 52.2 Å². The summed E-state index contributed by atoms with van der Waals surface area (Å²) in [7, 11) is 0. The van der Waals surface area contributed by atoms with E-state index in [-0.39, 0.29) is 62.9 Å². The Balaban J connectivity index is 3.26. The lowest BCUT2D eigenvalue weighted by Crippen LogP contribution is -2.60. The van der Waals surface area contributed by atoms with E-state index in [0.29, 0.717) is 25.1 Å². The first-order valence-electron chi connectivity index (χ1n) is 20.3. The van der Waals surface area contributed by atoms with Gasteiger partial charge in [-0.05, 0) is 70.3 Å². The van der Waals surface area contributed by atoms with Crippen LogP contribution in [-0.2, 0) is 44.8 Å². The minimum Gasteiger partial charge on any atom is -0.480 e. The molecule has 0 fully saturated rings. The molecule has 0 saturated heterocycles. The van der Waals surface area contributed by atoms with Gasteiger partial charge < -0.3 is 69.6 Å². The van der Waals surface area contributed by atoms with Gasteiger partial charge in [-0.15, -0.1) is 0 Å². The Morgan fingerprint density at radius 3 is 1.66 bits per heavy atom.